The number of nitrogens with zero attached hydrogens (tertiary/aromatic N) is 1. The van der Waals surface area contributed by atoms with E-state index in [0.717, 1.165) is 5.56 Å². The average molecular weight is 392 g/mol. The first-order valence-electron chi connectivity index (χ1n) is 8.79. The third-order valence-corrected chi connectivity index (χ3v) is 3.79. The van der Waals surface area contributed by atoms with Crippen LogP contribution in [-0.2, 0) is 14.3 Å². The zero-order valence-corrected chi connectivity index (χ0v) is 16.0. The Kier molecular flexibility index (Phi) is 7.68. The normalized spacial score (nSPS) is 11.3. The first-order valence-corrected chi connectivity index (χ1v) is 8.79. The number of benzene rings is 2. The lowest BCUT2D eigenvalue weighted by atomic mass is 10.1. The van der Waals surface area contributed by atoms with Crippen LogP contribution in [-0.4, -0.2) is 30.4 Å². The number of esters is 1. The third-order valence-electron chi connectivity index (χ3n) is 3.79. The Hall–Kier alpha value is -3.92. The van der Waals surface area contributed by atoms with Gasteiger partial charge in [-0.3, -0.25) is 9.59 Å². The molecule has 0 bridgehead atoms. The smallest absolute Gasteiger partial charge is 0.331 e. The number of hydrogen-bond acceptors (Lipinski definition) is 6. The average Bonchev–Trinajstić information content (AvgIpc) is 2.71. The Morgan fingerprint density at radius 1 is 1.17 bits per heavy atom. The van der Waals surface area contributed by atoms with Gasteiger partial charge in [0, 0.05) is 17.3 Å². The van der Waals surface area contributed by atoms with Crippen LogP contribution in [0.5, 0.6) is 5.75 Å². The van der Waals surface area contributed by atoms with Crippen molar-refractivity contribution >= 4 is 29.4 Å². The summed E-state index contributed by atoms with van der Waals surface area (Å²) in [7, 11) is 0. The first kappa shape index (κ1) is 21.4. The van der Waals surface area contributed by atoms with Gasteiger partial charge in [0.1, 0.15) is 11.8 Å². The highest BCUT2D eigenvalue weighted by molar-refractivity contribution is 5.99. The zero-order chi connectivity index (χ0) is 21.2. The van der Waals surface area contributed by atoms with Gasteiger partial charge in [-0.1, -0.05) is 24.3 Å². The fraction of sp³-hybridized carbons (Fsp3) is 0.182. The number of hydrogen-bond donors (Lipinski definition) is 1. The van der Waals surface area contributed by atoms with Crippen LogP contribution in [0.1, 0.15) is 29.8 Å². The van der Waals surface area contributed by atoms with E-state index in [1.807, 2.05) is 6.07 Å². The van der Waals surface area contributed by atoms with Gasteiger partial charge in [0.25, 0.3) is 5.91 Å². The number of amides is 1. The number of ether oxygens (including phenoxy) is 2. The summed E-state index contributed by atoms with van der Waals surface area (Å²) in [5.74, 6) is -0.748. The number of carbonyl (C=O) groups is 3. The Morgan fingerprint density at radius 2 is 1.90 bits per heavy atom. The second-order valence-electron chi connectivity index (χ2n) is 6.05. The van der Waals surface area contributed by atoms with Gasteiger partial charge in [0.15, 0.2) is 18.5 Å². The van der Waals surface area contributed by atoms with E-state index in [0.29, 0.717) is 17.0 Å². The molecule has 0 aliphatic heterocycles. The maximum absolute atomic E-state index is 12.2. The van der Waals surface area contributed by atoms with Crippen molar-refractivity contribution in [3.63, 3.8) is 0 Å². The minimum Gasteiger partial charge on any atom is -0.479 e. The molecular weight excluding hydrogens is 372 g/mol. The van der Waals surface area contributed by atoms with Crippen molar-refractivity contribution in [2.24, 2.45) is 0 Å². The maximum Gasteiger partial charge on any atom is 0.331 e. The molecule has 0 saturated heterocycles. The van der Waals surface area contributed by atoms with Crippen LogP contribution >= 0.6 is 0 Å². The summed E-state index contributed by atoms with van der Waals surface area (Å²) in [6.07, 6.45) is 1.73. The summed E-state index contributed by atoms with van der Waals surface area (Å²) in [5, 5.41) is 11.1. The molecule has 0 heterocycles. The fourth-order valence-electron chi connectivity index (χ4n) is 2.28. The summed E-state index contributed by atoms with van der Waals surface area (Å²) in [4.78, 5) is 35.5. The number of nitrogens with one attached hydrogen (secondary N) is 1. The molecule has 1 unspecified atom stereocenters. The van der Waals surface area contributed by atoms with Crippen LogP contribution in [0.2, 0.25) is 0 Å². The second-order valence-corrected chi connectivity index (χ2v) is 6.05. The molecule has 1 amide bonds. The molecule has 0 saturated carbocycles. The first-order chi connectivity index (χ1) is 13.9. The number of nitriles is 1. The van der Waals surface area contributed by atoms with E-state index >= 15 is 0 Å². The van der Waals surface area contributed by atoms with E-state index in [-0.39, 0.29) is 12.4 Å². The van der Waals surface area contributed by atoms with E-state index in [1.54, 1.807) is 48.5 Å². The van der Waals surface area contributed by atoms with Gasteiger partial charge in [0.05, 0.1) is 0 Å². The quantitative estimate of drug-likeness (QED) is 0.419. The summed E-state index contributed by atoms with van der Waals surface area (Å²) in [6, 6.07) is 15.2. The van der Waals surface area contributed by atoms with Gasteiger partial charge >= 0.3 is 5.97 Å². The van der Waals surface area contributed by atoms with Crippen LogP contribution in [0.4, 0.5) is 5.69 Å². The fourth-order valence-corrected chi connectivity index (χ4v) is 2.28. The predicted molar refractivity (Wildman–Crippen MR) is 107 cm³/mol. The molecule has 2 aromatic carbocycles. The molecular formula is C22H20N2O5. The van der Waals surface area contributed by atoms with Crippen LogP contribution in [0.25, 0.3) is 6.08 Å². The summed E-state index contributed by atoms with van der Waals surface area (Å²) >= 11 is 0. The highest BCUT2D eigenvalue weighted by Crippen LogP contribution is 2.14. The van der Waals surface area contributed by atoms with Crippen LogP contribution in [0.3, 0.4) is 0 Å². The molecule has 7 nitrogen and oxygen atoms in total. The number of carbonyl (C=O) groups excluding carboxylic acids is 3. The van der Waals surface area contributed by atoms with Crippen molar-refractivity contribution in [1.29, 1.82) is 5.26 Å². The highest BCUT2D eigenvalue weighted by Gasteiger charge is 2.17. The van der Waals surface area contributed by atoms with E-state index in [1.165, 1.54) is 26.0 Å². The second kappa shape index (κ2) is 10.4. The maximum atomic E-state index is 12.2. The molecule has 1 atom stereocenters. The van der Waals surface area contributed by atoms with Gasteiger partial charge in [-0.05, 0) is 49.8 Å². The molecule has 0 aliphatic carbocycles. The van der Waals surface area contributed by atoms with E-state index in [9.17, 15) is 14.4 Å². The molecule has 1 N–H and O–H groups in total. The summed E-state index contributed by atoms with van der Waals surface area (Å²) in [5.41, 5.74) is 1.64. The SMILES string of the molecule is CC(=O)c1cccc(NC(=O)C(C)OC(=O)/C=C/c2ccc(OCC#N)cc2)c1. The van der Waals surface area contributed by atoms with Gasteiger partial charge in [-0.2, -0.15) is 5.26 Å². The highest BCUT2D eigenvalue weighted by atomic mass is 16.5. The van der Waals surface area contributed by atoms with E-state index < -0.39 is 18.0 Å². The van der Waals surface area contributed by atoms with Crippen LogP contribution in [0, 0.1) is 11.3 Å². The third kappa shape index (κ3) is 6.96. The molecule has 0 aliphatic rings. The summed E-state index contributed by atoms with van der Waals surface area (Å²) < 4.78 is 10.2. The van der Waals surface area contributed by atoms with Gasteiger partial charge in [0.2, 0.25) is 0 Å². The Labute approximate surface area is 168 Å². The monoisotopic (exact) mass is 392 g/mol. The lowest BCUT2D eigenvalue weighted by Gasteiger charge is -2.12. The Balaban J connectivity index is 1.88. The van der Waals surface area contributed by atoms with Crippen molar-refractivity contribution in [1.82, 2.24) is 0 Å². The lowest BCUT2D eigenvalue weighted by Crippen LogP contribution is -2.29. The molecule has 0 fully saturated rings. The number of rotatable bonds is 8. The van der Waals surface area contributed by atoms with Crippen molar-refractivity contribution in [3.8, 4) is 11.8 Å². The predicted octanol–water partition coefficient (Wildman–Crippen LogP) is 3.38. The molecule has 0 radical (unpaired) electrons. The molecule has 0 aromatic heterocycles. The minimum absolute atomic E-state index is 0.0412. The molecule has 0 spiro atoms. The van der Waals surface area contributed by atoms with E-state index in [4.69, 9.17) is 14.7 Å². The van der Waals surface area contributed by atoms with Crippen LogP contribution < -0.4 is 10.1 Å². The molecule has 7 heteroatoms. The number of ketones is 1. The molecule has 29 heavy (non-hydrogen) atoms. The van der Waals surface area contributed by atoms with Crippen molar-refractivity contribution < 1.29 is 23.9 Å². The molecule has 2 rings (SSSR count). The standard InChI is InChI=1S/C22H20N2O5/c1-15(25)18-4-3-5-19(14-18)24-22(27)16(2)29-21(26)11-8-17-6-9-20(10-7-17)28-13-12-23/h3-11,14,16H,13H2,1-2H3,(H,24,27)/b11-8+. The Morgan fingerprint density at radius 3 is 2.55 bits per heavy atom. The Bertz CT molecular complexity index is 958. The molecule has 2 aromatic rings. The largest absolute Gasteiger partial charge is 0.479 e. The number of anilines is 1. The van der Waals surface area contributed by atoms with Gasteiger partial charge in [-0.25, -0.2) is 4.79 Å². The molecule has 148 valence electrons. The number of Topliss-reactive ketones (excluding diaryl/α,β-unsaturated/α-hetero) is 1. The van der Waals surface area contributed by atoms with Gasteiger partial charge < -0.3 is 14.8 Å². The van der Waals surface area contributed by atoms with Crippen molar-refractivity contribution in [2.75, 3.05) is 11.9 Å². The van der Waals surface area contributed by atoms with Gasteiger partial charge in [-0.15, -0.1) is 0 Å². The topological polar surface area (TPSA) is 105 Å². The van der Waals surface area contributed by atoms with Crippen molar-refractivity contribution in [2.45, 2.75) is 20.0 Å². The van der Waals surface area contributed by atoms with Crippen molar-refractivity contribution in [3.05, 3.63) is 65.7 Å². The van der Waals surface area contributed by atoms with E-state index in [2.05, 4.69) is 5.32 Å². The van der Waals surface area contributed by atoms with Crippen LogP contribution in [0.15, 0.2) is 54.6 Å². The minimum atomic E-state index is -1.02. The summed E-state index contributed by atoms with van der Waals surface area (Å²) in [6.45, 7) is 2.85. The zero-order valence-electron chi connectivity index (χ0n) is 16.0. The lowest BCUT2D eigenvalue weighted by molar-refractivity contribution is -0.148.